The lowest BCUT2D eigenvalue weighted by Gasteiger charge is -2.07. The highest BCUT2D eigenvalue weighted by Gasteiger charge is 2.12. The number of hydrogen-bond acceptors (Lipinski definition) is 4. The van der Waals surface area contributed by atoms with Crippen LogP contribution in [0.5, 0.6) is 0 Å². The first-order chi connectivity index (χ1) is 10.9. The number of imidazole rings is 1. The van der Waals surface area contributed by atoms with Crippen molar-refractivity contribution >= 4 is 9.84 Å². The van der Waals surface area contributed by atoms with Crippen LogP contribution in [0.3, 0.4) is 0 Å². The molecule has 0 fully saturated rings. The molecule has 2 heterocycles. The Hall–Kier alpha value is -2.41. The first kappa shape index (κ1) is 15.5. The second-order valence-electron chi connectivity index (χ2n) is 5.69. The Morgan fingerprint density at radius 3 is 2.39 bits per heavy atom. The second kappa shape index (κ2) is 5.66. The fourth-order valence-electron chi connectivity index (χ4n) is 2.31. The van der Waals surface area contributed by atoms with Crippen molar-refractivity contribution in [2.45, 2.75) is 24.8 Å². The predicted octanol–water partition coefficient (Wildman–Crippen LogP) is 2.72. The molecule has 6 nitrogen and oxygen atoms in total. The van der Waals surface area contributed by atoms with Crippen molar-refractivity contribution in [2.24, 2.45) is 0 Å². The highest BCUT2D eigenvalue weighted by atomic mass is 32.2. The summed E-state index contributed by atoms with van der Waals surface area (Å²) in [5.74, 6) is 0.744. The summed E-state index contributed by atoms with van der Waals surface area (Å²) in [6, 6.07) is 7.01. The zero-order chi connectivity index (χ0) is 16.6. The van der Waals surface area contributed by atoms with Gasteiger partial charge in [-0.1, -0.05) is 0 Å². The molecule has 120 valence electrons. The van der Waals surface area contributed by atoms with Gasteiger partial charge in [0, 0.05) is 36.5 Å². The van der Waals surface area contributed by atoms with Gasteiger partial charge in [-0.05, 0) is 38.1 Å². The third-order valence-electron chi connectivity index (χ3n) is 3.58. The monoisotopic (exact) mass is 330 g/mol. The highest BCUT2D eigenvalue weighted by Crippen LogP contribution is 2.23. The first-order valence-corrected chi connectivity index (χ1v) is 9.14. The van der Waals surface area contributed by atoms with Gasteiger partial charge < -0.3 is 0 Å². The van der Waals surface area contributed by atoms with Gasteiger partial charge in [-0.3, -0.25) is 9.25 Å². The van der Waals surface area contributed by atoms with E-state index in [4.69, 9.17) is 0 Å². The van der Waals surface area contributed by atoms with Crippen LogP contribution in [-0.2, 0) is 9.84 Å². The van der Waals surface area contributed by atoms with Crippen LogP contribution in [0, 0.1) is 0 Å². The van der Waals surface area contributed by atoms with Gasteiger partial charge in [0.15, 0.2) is 9.84 Å². The lowest BCUT2D eigenvalue weighted by Crippen LogP contribution is -2.00. The van der Waals surface area contributed by atoms with Crippen LogP contribution in [0.25, 0.3) is 17.1 Å². The molecule has 0 bridgehead atoms. The molecule has 0 atom stereocenters. The zero-order valence-corrected chi connectivity index (χ0v) is 14.0. The zero-order valence-electron chi connectivity index (χ0n) is 13.2. The van der Waals surface area contributed by atoms with E-state index in [9.17, 15) is 8.42 Å². The summed E-state index contributed by atoms with van der Waals surface area (Å²) in [6.07, 6.45) is 8.52. The van der Waals surface area contributed by atoms with Crippen LogP contribution in [-0.4, -0.2) is 34.0 Å². The van der Waals surface area contributed by atoms with Gasteiger partial charge in [0.2, 0.25) is 0 Å². The summed E-state index contributed by atoms with van der Waals surface area (Å²) in [5.41, 5.74) is 1.76. The van der Waals surface area contributed by atoms with Crippen LogP contribution in [0.1, 0.15) is 19.9 Å². The molecule has 7 heteroatoms. The summed E-state index contributed by atoms with van der Waals surface area (Å²) in [7, 11) is -3.20. The smallest absolute Gasteiger partial charge is 0.175 e. The molecule has 0 amide bonds. The molecule has 3 rings (SSSR count). The Bertz CT molecular complexity index is 921. The topological polar surface area (TPSA) is 69.8 Å². The summed E-state index contributed by atoms with van der Waals surface area (Å²) in [5, 5.41) is 4.34. The molecule has 0 N–H and O–H groups in total. The van der Waals surface area contributed by atoms with Crippen molar-refractivity contribution in [3.05, 3.63) is 49.1 Å². The minimum absolute atomic E-state index is 0.282. The van der Waals surface area contributed by atoms with E-state index in [1.165, 1.54) is 6.26 Å². The predicted molar refractivity (Wildman–Crippen MR) is 88.3 cm³/mol. The number of rotatable bonds is 4. The highest BCUT2D eigenvalue weighted by molar-refractivity contribution is 7.90. The molecule has 0 aliphatic carbocycles. The molecule has 23 heavy (non-hydrogen) atoms. The summed E-state index contributed by atoms with van der Waals surface area (Å²) >= 11 is 0. The molecule has 0 radical (unpaired) electrons. The van der Waals surface area contributed by atoms with Crippen molar-refractivity contribution in [3.63, 3.8) is 0 Å². The van der Waals surface area contributed by atoms with Crippen molar-refractivity contribution in [1.82, 2.24) is 19.3 Å². The van der Waals surface area contributed by atoms with Crippen molar-refractivity contribution in [2.75, 3.05) is 6.26 Å². The van der Waals surface area contributed by atoms with Gasteiger partial charge in [-0.25, -0.2) is 13.4 Å². The first-order valence-electron chi connectivity index (χ1n) is 7.24. The molecule has 0 spiro atoms. The molecule has 0 unspecified atom stereocenters. The van der Waals surface area contributed by atoms with Crippen LogP contribution in [0.4, 0.5) is 0 Å². The van der Waals surface area contributed by atoms with Gasteiger partial charge in [0.1, 0.15) is 5.82 Å². The molecule has 0 aliphatic rings. The third-order valence-corrected chi connectivity index (χ3v) is 4.71. The molecule has 1 aromatic carbocycles. The molecule has 0 saturated carbocycles. The molecule has 0 aliphatic heterocycles. The summed E-state index contributed by atoms with van der Waals surface area (Å²) in [4.78, 5) is 4.68. The van der Waals surface area contributed by atoms with E-state index in [2.05, 4.69) is 23.9 Å². The normalized spacial score (nSPS) is 12.0. The van der Waals surface area contributed by atoms with Crippen molar-refractivity contribution < 1.29 is 8.42 Å². The fourth-order valence-corrected chi connectivity index (χ4v) is 2.94. The average Bonchev–Trinajstić information content (AvgIpc) is 3.15. The Morgan fingerprint density at radius 2 is 1.83 bits per heavy atom. The van der Waals surface area contributed by atoms with Gasteiger partial charge in [-0.2, -0.15) is 5.10 Å². The van der Waals surface area contributed by atoms with Crippen LogP contribution >= 0.6 is 0 Å². The maximum atomic E-state index is 11.6. The Morgan fingerprint density at radius 1 is 1.13 bits per heavy atom. The number of nitrogens with zero attached hydrogens (tertiary/aromatic N) is 4. The minimum Gasteiger partial charge on any atom is -0.297 e. The maximum absolute atomic E-state index is 11.6. The Kier molecular flexibility index (Phi) is 3.81. The lowest BCUT2D eigenvalue weighted by atomic mass is 10.2. The summed E-state index contributed by atoms with van der Waals surface area (Å²) < 4.78 is 26.9. The number of sulfone groups is 1. The Labute approximate surface area is 135 Å². The number of aromatic nitrogens is 4. The van der Waals surface area contributed by atoms with Crippen LogP contribution in [0.15, 0.2) is 53.9 Å². The van der Waals surface area contributed by atoms with E-state index < -0.39 is 9.84 Å². The standard InChI is InChI=1S/C16H18N4O2S/c1-12(2)20-11-14(10-18-20)19-9-8-17-16(19)13-4-6-15(7-5-13)23(3,21)22/h4-12H,1-3H3. The van der Waals surface area contributed by atoms with E-state index in [-0.39, 0.29) is 6.04 Å². The molecular weight excluding hydrogens is 312 g/mol. The van der Waals surface area contributed by atoms with E-state index in [0.29, 0.717) is 4.90 Å². The molecule has 3 aromatic rings. The average molecular weight is 330 g/mol. The van der Waals surface area contributed by atoms with Gasteiger partial charge in [0.05, 0.1) is 16.8 Å². The minimum atomic E-state index is -3.20. The van der Waals surface area contributed by atoms with Crippen LogP contribution < -0.4 is 0 Å². The maximum Gasteiger partial charge on any atom is 0.175 e. The second-order valence-corrected chi connectivity index (χ2v) is 7.71. The molecule has 2 aromatic heterocycles. The number of hydrogen-bond donors (Lipinski definition) is 0. The third kappa shape index (κ3) is 3.05. The fraction of sp³-hybridized carbons (Fsp3) is 0.250. The van der Waals surface area contributed by atoms with E-state index in [1.54, 1.807) is 36.7 Å². The SMILES string of the molecule is CC(C)n1cc(-n2ccnc2-c2ccc(S(C)(=O)=O)cc2)cn1. The summed E-state index contributed by atoms with van der Waals surface area (Å²) in [6.45, 7) is 4.13. The molecular formula is C16H18N4O2S. The van der Waals surface area contributed by atoms with E-state index in [0.717, 1.165) is 17.1 Å². The van der Waals surface area contributed by atoms with Crippen molar-refractivity contribution in [3.8, 4) is 17.1 Å². The van der Waals surface area contributed by atoms with E-state index >= 15 is 0 Å². The quantitative estimate of drug-likeness (QED) is 0.737. The number of benzene rings is 1. The largest absolute Gasteiger partial charge is 0.297 e. The van der Waals surface area contributed by atoms with Crippen molar-refractivity contribution in [1.29, 1.82) is 0 Å². The lowest BCUT2D eigenvalue weighted by molar-refractivity contribution is 0.532. The van der Waals surface area contributed by atoms with Gasteiger partial charge in [-0.15, -0.1) is 0 Å². The Balaban J connectivity index is 2.00. The van der Waals surface area contributed by atoms with E-state index in [1.807, 2.05) is 21.6 Å². The van der Waals surface area contributed by atoms with Crippen LogP contribution in [0.2, 0.25) is 0 Å². The van der Waals surface area contributed by atoms with Gasteiger partial charge in [0.25, 0.3) is 0 Å². The molecule has 0 saturated heterocycles. The van der Waals surface area contributed by atoms with Gasteiger partial charge >= 0.3 is 0 Å².